The van der Waals surface area contributed by atoms with E-state index in [-0.39, 0.29) is 5.57 Å². The van der Waals surface area contributed by atoms with E-state index in [4.69, 9.17) is 10.2 Å². The van der Waals surface area contributed by atoms with Gasteiger partial charge in [0.15, 0.2) is 0 Å². The van der Waals surface area contributed by atoms with Crippen molar-refractivity contribution in [3.05, 3.63) is 23.8 Å². The summed E-state index contributed by atoms with van der Waals surface area (Å²) in [4.78, 5) is 21.8. The van der Waals surface area contributed by atoms with Crippen LogP contribution in [0.2, 0.25) is 0 Å². The molecule has 0 aliphatic carbocycles. The lowest BCUT2D eigenvalue weighted by molar-refractivity contribution is -0.132. The molecule has 0 aromatic carbocycles. The quantitative estimate of drug-likeness (QED) is 0.129. The van der Waals surface area contributed by atoms with Gasteiger partial charge in [0.1, 0.15) is 0 Å². The van der Waals surface area contributed by atoms with E-state index in [1.807, 2.05) is 0 Å². The molecule has 28 heavy (non-hydrogen) atoms. The van der Waals surface area contributed by atoms with Crippen molar-refractivity contribution in [2.45, 2.75) is 116 Å². The molecule has 0 aromatic heterocycles. The van der Waals surface area contributed by atoms with Gasteiger partial charge in [0.2, 0.25) is 0 Å². The molecular weight excluding hydrogens is 352 g/mol. The van der Waals surface area contributed by atoms with Gasteiger partial charge in [-0.25, -0.2) is 9.59 Å². The van der Waals surface area contributed by atoms with Crippen LogP contribution in [0.5, 0.6) is 0 Å². The molecule has 162 valence electrons. The summed E-state index contributed by atoms with van der Waals surface area (Å²) in [5.41, 5.74) is 0.216. The molecule has 0 amide bonds. The van der Waals surface area contributed by atoms with Crippen LogP contribution in [0.3, 0.4) is 0 Å². The summed E-state index contributed by atoms with van der Waals surface area (Å²) >= 11 is 0. The Balaban J connectivity index is 3.51. The average Bonchev–Trinajstić information content (AvgIpc) is 2.65. The maximum Gasteiger partial charge on any atom is 0.335 e. The number of hydrogen-bond acceptors (Lipinski definition) is 2. The van der Waals surface area contributed by atoms with Crippen molar-refractivity contribution in [2.75, 3.05) is 0 Å². The molecule has 0 saturated heterocycles. The first-order valence-electron chi connectivity index (χ1n) is 11.3. The van der Waals surface area contributed by atoms with Crippen molar-refractivity contribution in [2.24, 2.45) is 0 Å². The molecule has 4 heteroatoms. The Morgan fingerprint density at radius 3 is 1.36 bits per heavy atom. The number of aliphatic carboxylic acids is 2. The summed E-state index contributed by atoms with van der Waals surface area (Å²) in [6, 6.07) is 0. The zero-order valence-electron chi connectivity index (χ0n) is 18.0. The predicted octanol–water partition coefficient (Wildman–Crippen LogP) is 7.29. The van der Waals surface area contributed by atoms with Crippen molar-refractivity contribution in [3.63, 3.8) is 0 Å². The van der Waals surface area contributed by atoms with Crippen LogP contribution in [0.15, 0.2) is 23.8 Å². The van der Waals surface area contributed by atoms with Crippen LogP contribution in [0, 0.1) is 0 Å². The average molecular weight is 395 g/mol. The molecule has 2 N–H and O–H groups in total. The summed E-state index contributed by atoms with van der Waals surface area (Å²) in [7, 11) is 0. The Morgan fingerprint density at radius 1 is 0.679 bits per heavy atom. The van der Waals surface area contributed by atoms with Gasteiger partial charge in [0.05, 0.1) is 5.57 Å². The van der Waals surface area contributed by atoms with Gasteiger partial charge in [0, 0.05) is 6.08 Å². The normalized spacial score (nSPS) is 11.5. The molecule has 0 aliphatic heterocycles. The highest BCUT2D eigenvalue weighted by atomic mass is 16.4. The van der Waals surface area contributed by atoms with Crippen LogP contribution in [0.4, 0.5) is 0 Å². The largest absolute Gasteiger partial charge is 0.478 e. The lowest BCUT2D eigenvalue weighted by atomic mass is 9.99. The van der Waals surface area contributed by atoms with Gasteiger partial charge < -0.3 is 10.2 Å². The highest BCUT2D eigenvalue weighted by Crippen LogP contribution is 2.18. The van der Waals surface area contributed by atoms with E-state index in [2.05, 4.69) is 13.5 Å². The first kappa shape index (κ1) is 26.4. The van der Waals surface area contributed by atoms with Gasteiger partial charge in [-0.05, 0) is 18.4 Å². The number of carboxylic acid groups (broad SMARTS) is 2. The van der Waals surface area contributed by atoms with Crippen LogP contribution in [-0.4, -0.2) is 22.2 Å². The molecule has 0 rings (SSSR count). The van der Waals surface area contributed by atoms with Crippen molar-refractivity contribution < 1.29 is 19.8 Å². The summed E-state index contributed by atoms with van der Waals surface area (Å²) in [6.07, 6.45) is 21.9. The fraction of sp³-hybridized carbons (Fsp3) is 0.750. The van der Waals surface area contributed by atoms with Gasteiger partial charge in [-0.15, -0.1) is 0 Å². The molecule has 0 radical (unpaired) electrons. The third kappa shape index (κ3) is 16.6. The molecular formula is C24H42O4. The van der Waals surface area contributed by atoms with Gasteiger partial charge in [0.25, 0.3) is 0 Å². The number of carbonyl (C=O) groups is 2. The van der Waals surface area contributed by atoms with E-state index in [0.717, 1.165) is 25.3 Å². The molecule has 0 heterocycles. The maximum absolute atomic E-state index is 11.0. The van der Waals surface area contributed by atoms with E-state index in [1.165, 1.54) is 83.5 Å². The standard InChI is InChI=1S/C24H42O4/c1-3-4-5-6-7-8-9-10-11-12-13-14-15-16-17-18-19-22(20-23(25)26)21(2)24(27)28/h20H,2-19H2,1H3,(H,25,26)(H,27,28). The Hall–Kier alpha value is -1.58. The second-order valence-corrected chi connectivity index (χ2v) is 7.84. The van der Waals surface area contributed by atoms with Gasteiger partial charge in [-0.3, -0.25) is 0 Å². The molecule has 4 nitrogen and oxygen atoms in total. The molecule has 0 aromatic rings. The zero-order valence-corrected chi connectivity index (χ0v) is 18.0. The molecule has 0 fully saturated rings. The second kappa shape index (κ2) is 18.8. The summed E-state index contributed by atoms with van der Waals surface area (Å²) < 4.78 is 0. The van der Waals surface area contributed by atoms with Crippen LogP contribution in [0.1, 0.15) is 116 Å². The van der Waals surface area contributed by atoms with Gasteiger partial charge >= 0.3 is 11.9 Å². The zero-order chi connectivity index (χ0) is 21.0. The van der Waals surface area contributed by atoms with Crippen molar-refractivity contribution >= 4 is 11.9 Å². The topological polar surface area (TPSA) is 74.6 Å². The Labute approximate surface area is 172 Å². The van der Waals surface area contributed by atoms with Gasteiger partial charge in [-0.1, -0.05) is 110 Å². The Bertz CT molecular complexity index is 465. The molecule has 0 bridgehead atoms. The smallest absolute Gasteiger partial charge is 0.335 e. The highest BCUT2D eigenvalue weighted by molar-refractivity contribution is 5.94. The van der Waals surface area contributed by atoms with Crippen LogP contribution >= 0.6 is 0 Å². The molecule has 0 spiro atoms. The SMILES string of the molecule is C=C(C(=O)O)C(=CC(=O)O)CCCCCCCCCCCCCCCCCC. The van der Waals surface area contributed by atoms with Crippen LogP contribution < -0.4 is 0 Å². The first-order chi connectivity index (χ1) is 13.5. The van der Waals surface area contributed by atoms with E-state index in [1.54, 1.807) is 0 Å². The first-order valence-corrected chi connectivity index (χ1v) is 11.3. The Kier molecular flexibility index (Phi) is 17.7. The second-order valence-electron chi connectivity index (χ2n) is 7.84. The van der Waals surface area contributed by atoms with E-state index < -0.39 is 11.9 Å². The third-order valence-electron chi connectivity index (χ3n) is 5.24. The maximum atomic E-state index is 11.0. The Morgan fingerprint density at radius 2 is 1.04 bits per heavy atom. The highest BCUT2D eigenvalue weighted by Gasteiger charge is 2.11. The summed E-state index contributed by atoms with van der Waals surface area (Å²) in [5, 5.41) is 17.8. The molecule has 0 saturated carbocycles. The monoisotopic (exact) mass is 394 g/mol. The molecule has 0 atom stereocenters. The number of carboxylic acids is 2. The van der Waals surface area contributed by atoms with E-state index in [9.17, 15) is 9.59 Å². The summed E-state index contributed by atoms with van der Waals surface area (Å²) in [6.45, 7) is 5.73. The fourth-order valence-electron chi connectivity index (χ4n) is 3.46. The number of rotatable bonds is 20. The van der Waals surface area contributed by atoms with Crippen molar-refractivity contribution in [3.8, 4) is 0 Å². The third-order valence-corrected chi connectivity index (χ3v) is 5.24. The van der Waals surface area contributed by atoms with Crippen LogP contribution in [-0.2, 0) is 9.59 Å². The molecule has 0 unspecified atom stereocenters. The van der Waals surface area contributed by atoms with E-state index in [0.29, 0.717) is 12.0 Å². The minimum atomic E-state index is -1.15. The number of hydrogen-bond donors (Lipinski definition) is 2. The fourth-order valence-corrected chi connectivity index (χ4v) is 3.46. The lowest BCUT2D eigenvalue weighted by Gasteiger charge is -2.07. The van der Waals surface area contributed by atoms with Crippen molar-refractivity contribution in [1.29, 1.82) is 0 Å². The lowest BCUT2D eigenvalue weighted by Crippen LogP contribution is -2.04. The minimum absolute atomic E-state index is 0.108. The van der Waals surface area contributed by atoms with Crippen LogP contribution in [0.25, 0.3) is 0 Å². The number of unbranched alkanes of at least 4 members (excludes halogenated alkanes) is 15. The predicted molar refractivity (Wildman–Crippen MR) is 117 cm³/mol. The molecule has 0 aliphatic rings. The van der Waals surface area contributed by atoms with Crippen molar-refractivity contribution in [1.82, 2.24) is 0 Å². The van der Waals surface area contributed by atoms with Gasteiger partial charge in [-0.2, -0.15) is 0 Å². The summed E-state index contributed by atoms with van der Waals surface area (Å²) in [5.74, 6) is -2.27. The van der Waals surface area contributed by atoms with E-state index >= 15 is 0 Å². The minimum Gasteiger partial charge on any atom is -0.478 e.